The maximum atomic E-state index is 12.2. The maximum absolute atomic E-state index is 12.2. The largest absolute Gasteiger partial charge is 0.288 e. The van der Waals surface area contributed by atoms with Crippen LogP contribution in [0.25, 0.3) is 6.08 Å². The van der Waals surface area contributed by atoms with Gasteiger partial charge in [0.15, 0.2) is 0 Å². The highest BCUT2D eigenvalue weighted by Gasteiger charge is 2.13. The average molecular weight is 332 g/mol. The van der Waals surface area contributed by atoms with Gasteiger partial charge in [-0.05, 0) is 42.8 Å². The van der Waals surface area contributed by atoms with Gasteiger partial charge in [0.2, 0.25) is 0 Å². The first-order chi connectivity index (χ1) is 10.9. The number of sulfonamides is 1. The molecule has 0 unspecified atom stereocenters. The molecule has 23 heavy (non-hydrogen) atoms. The van der Waals surface area contributed by atoms with Crippen molar-refractivity contribution in [2.45, 2.75) is 11.8 Å². The van der Waals surface area contributed by atoms with E-state index in [1.165, 1.54) is 12.1 Å². The highest BCUT2D eigenvalue weighted by Crippen LogP contribution is 2.17. The summed E-state index contributed by atoms with van der Waals surface area (Å²) in [6.07, 6.45) is 1.57. The molecule has 3 N–H and O–H groups in total. The minimum atomic E-state index is -3.63. The molecule has 0 radical (unpaired) electrons. The van der Waals surface area contributed by atoms with Crippen LogP contribution in [0.2, 0.25) is 0 Å². The maximum Gasteiger partial charge on any atom is 0.270 e. The molecule has 2 aromatic carbocycles. The molecular weight excluding hydrogens is 316 g/mol. The molecule has 0 aliphatic heterocycles. The average Bonchev–Trinajstić information content (AvgIpc) is 2.56. The van der Waals surface area contributed by atoms with E-state index in [4.69, 9.17) is 5.21 Å². The third-order valence-corrected chi connectivity index (χ3v) is 4.46. The zero-order chi connectivity index (χ0) is 16.9. The van der Waals surface area contributed by atoms with E-state index in [1.54, 1.807) is 60.9 Å². The predicted octanol–water partition coefficient (Wildman–Crippen LogP) is 2.40. The van der Waals surface area contributed by atoms with Crippen LogP contribution < -0.4 is 10.2 Å². The van der Waals surface area contributed by atoms with Crippen LogP contribution in [0.5, 0.6) is 0 Å². The van der Waals surface area contributed by atoms with Gasteiger partial charge in [0.05, 0.1) is 4.90 Å². The number of carbonyl (C=O) groups excluding carboxylic acids is 1. The molecule has 0 spiro atoms. The van der Waals surface area contributed by atoms with Crippen LogP contribution in [0.3, 0.4) is 0 Å². The van der Waals surface area contributed by atoms with Crippen LogP contribution in [-0.2, 0) is 14.8 Å². The Hall–Kier alpha value is -2.64. The van der Waals surface area contributed by atoms with Crippen molar-refractivity contribution in [1.29, 1.82) is 0 Å². The molecule has 120 valence electrons. The number of hydrogen-bond acceptors (Lipinski definition) is 4. The van der Waals surface area contributed by atoms with Gasteiger partial charge in [-0.25, -0.2) is 13.9 Å². The van der Waals surface area contributed by atoms with Crippen LogP contribution in [0.15, 0.2) is 65.1 Å². The second-order valence-electron chi connectivity index (χ2n) is 4.81. The molecule has 0 fully saturated rings. The lowest BCUT2D eigenvalue weighted by Gasteiger charge is -2.08. The van der Waals surface area contributed by atoms with Crippen LogP contribution in [-0.4, -0.2) is 19.5 Å². The first kappa shape index (κ1) is 16.7. The summed E-state index contributed by atoms with van der Waals surface area (Å²) in [6, 6.07) is 14.6. The van der Waals surface area contributed by atoms with E-state index in [9.17, 15) is 13.2 Å². The van der Waals surface area contributed by atoms with Crippen molar-refractivity contribution in [2.75, 3.05) is 4.72 Å². The van der Waals surface area contributed by atoms with Crippen molar-refractivity contribution in [3.63, 3.8) is 0 Å². The molecule has 0 aromatic heterocycles. The Bertz CT molecular complexity index is 813. The Kier molecular flexibility index (Phi) is 5.15. The van der Waals surface area contributed by atoms with Crippen molar-refractivity contribution < 1.29 is 18.4 Å². The Morgan fingerprint density at radius 2 is 1.65 bits per heavy atom. The third-order valence-electron chi connectivity index (χ3n) is 3.06. The lowest BCUT2D eigenvalue weighted by atomic mass is 10.1. The third kappa shape index (κ3) is 4.41. The van der Waals surface area contributed by atoms with E-state index in [1.807, 2.05) is 0 Å². The van der Waals surface area contributed by atoms with Crippen molar-refractivity contribution in [3.05, 3.63) is 65.7 Å². The molecule has 2 rings (SSSR count). The van der Waals surface area contributed by atoms with Crippen molar-refractivity contribution in [2.24, 2.45) is 0 Å². The Morgan fingerprint density at radius 3 is 2.22 bits per heavy atom. The van der Waals surface area contributed by atoms with E-state index in [2.05, 4.69) is 4.72 Å². The highest BCUT2D eigenvalue weighted by atomic mass is 32.2. The second-order valence-corrected chi connectivity index (χ2v) is 6.49. The monoisotopic (exact) mass is 332 g/mol. The van der Waals surface area contributed by atoms with Crippen LogP contribution in [0.4, 0.5) is 5.69 Å². The minimum Gasteiger partial charge on any atom is -0.288 e. The van der Waals surface area contributed by atoms with Gasteiger partial charge in [0.25, 0.3) is 15.9 Å². The van der Waals surface area contributed by atoms with Gasteiger partial charge < -0.3 is 0 Å². The van der Waals surface area contributed by atoms with Gasteiger partial charge in [0, 0.05) is 11.3 Å². The molecule has 1 amide bonds. The summed E-state index contributed by atoms with van der Waals surface area (Å²) in [5, 5.41) is 8.55. The zero-order valence-corrected chi connectivity index (χ0v) is 13.2. The lowest BCUT2D eigenvalue weighted by Crippen LogP contribution is -2.19. The van der Waals surface area contributed by atoms with Gasteiger partial charge >= 0.3 is 0 Å². The first-order valence-electron chi connectivity index (χ1n) is 6.73. The summed E-state index contributed by atoms with van der Waals surface area (Å²) in [5.41, 5.74) is 2.99. The predicted molar refractivity (Wildman–Crippen MR) is 87.3 cm³/mol. The van der Waals surface area contributed by atoms with Crippen molar-refractivity contribution >= 4 is 27.7 Å². The molecule has 0 atom stereocenters. The quantitative estimate of drug-likeness (QED) is 0.445. The fraction of sp³-hybridized carbons (Fsp3) is 0.0625. The molecule has 0 aliphatic carbocycles. The number of benzene rings is 2. The molecule has 0 bridgehead atoms. The van der Waals surface area contributed by atoms with Gasteiger partial charge in [-0.2, -0.15) is 0 Å². The number of nitrogens with one attached hydrogen (secondary N) is 2. The van der Waals surface area contributed by atoms with E-state index in [0.29, 0.717) is 16.8 Å². The van der Waals surface area contributed by atoms with E-state index < -0.39 is 15.9 Å². The van der Waals surface area contributed by atoms with Crippen molar-refractivity contribution in [1.82, 2.24) is 5.48 Å². The number of rotatable bonds is 5. The number of amides is 1. The highest BCUT2D eigenvalue weighted by molar-refractivity contribution is 7.92. The van der Waals surface area contributed by atoms with E-state index in [-0.39, 0.29) is 4.90 Å². The standard InChI is InChI=1S/C16H16N2O4S/c1-12(16(19)17-20)11-13-7-9-14(10-8-13)18-23(21,22)15-5-3-2-4-6-15/h2-11,18,20H,1H3,(H,17,19)/b12-11+. The van der Waals surface area contributed by atoms with Crippen LogP contribution in [0, 0.1) is 0 Å². The minimum absolute atomic E-state index is 0.180. The van der Waals surface area contributed by atoms with Crippen LogP contribution >= 0.6 is 0 Å². The Labute approximate surface area is 134 Å². The number of carbonyl (C=O) groups is 1. The first-order valence-corrected chi connectivity index (χ1v) is 8.21. The summed E-state index contributed by atoms with van der Waals surface area (Å²) in [4.78, 5) is 11.4. The number of hydrogen-bond donors (Lipinski definition) is 3. The molecule has 0 saturated heterocycles. The van der Waals surface area contributed by atoms with Gasteiger partial charge in [0.1, 0.15) is 0 Å². The Balaban J connectivity index is 2.16. The fourth-order valence-corrected chi connectivity index (χ4v) is 2.94. The second kappa shape index (κ2) is 7.08. The Morgan fingerprint density at radius 1 is 1.04 bits per heavy atom. The van der Waals surface area contributed by atoms with E-state index >= 15 is 0 Å². The smallest absolute Gasteiger partial charge is 0.270 e. The van der Waals surface area contributed by atoms with Gasteiger partial charge in [-0.3, -0.25) is 14.7 Å². The molecule has 2 aromatic rings. The lowest BCUT2D eigenvalue weighted by molar-refractivity contribution is -0.125. The summed E-state index contributed by atoms with van der Waals surface area (Å²) < 4.78 is 26.9. The summed E-state index contributed by atoms with van der Waals surface area (Å²) in [6.45, 7) is 1.55. The van der Waals surface area contributed by atoms with Crippen molar-refractivity contribution in [3.8, 4) is 0 Å². The van der Waals surface area contributed by atoms with Crippen LogP contribution in [0.1, 0.15) is 12.5 Å². The topological polar surface area (TPSA) is 95.5 Å². The molecule has 7 heteroatoms. The molecule has 0 heterocycles. The molecule has 0 saturated carbocycles. The molecule has 6 nitrogen and oxygen atoms in total. The summed E-state index contributed by atoms with van der Waals surface area (Å²) >= 11 is 0. The number of anilines is 1. The summed E-state index contributed by atoms with van der Waals surface area (Å²) in [5.74, 6) is -0.598. The zero-order valence-electron chi connectivity index (χ0n) is 12.4. The molecule has 0 aliphatic rings. The normalized spacial score (nSPS) is 11.8. The fourth-order valence-electron chi connectivity index (χ4n) is 1.86. The van der Waals surface area contributed by atoms with Gasteiger partial charge in [-0.1, -0.05) is 30.3 Å². The SMILES string of the molecule is C/C(=C\c1ccc(NS(=O)(=O)c2ccccc2)cc1)C(=O)NO. The van der Waals surface area contributed by atoms with Gasteiger partial charge in [-0.15, -0.1) is 0 Å². The molecular formula is C16H16N2O4S. The van der Waals surface area contributed by atoms with E-state index in [0.717, 1.165) is 0 Å². The number of hydroxylamine groups is 1. The summed E-state index contributed by atoms with van der Waals surface area (Å²) in [7, 11) is -3.63.